The van der Waals surface area contributed by atoms with Crippen molar-refractivity contribution < 1.29 is 19.7 Å². The number of thiazole rings is 1. The summed E-state index contributed by atoms with van der Waals surface area (Å²) < 4.78 is 8.48. The zero-order valence-corrected chi connectivity index (χ0v) is 14.8. The van der Waals surface area contributed by atoms with E-state index in [1.165, 1.54) is 11.3 Å². The molecule has 26 heavy (non-hydrogen) atoms. The number of aryl methyl sites for hydroxylation is 1. The Morgan fingerprint density at radius 1 is 1.27 bits per heavy atom. The van der Waals surface area contributed by atoms with Gasteiger partial charge in [0.1, 0.15) is 11.5 Å². The van der Waals surface area contributed by atoms with E-state index < -0.39 is 5.97 Å². The summed E-state index contributed by atoms with van der Waals surface area (Å²) in [6.07, 6.45) is 0.566. The molecule has 0 radical (unpaired) electrons. The van der Waals surface area contributed by atoms with Crippen molar-refractivity contribution in [2.75, 3.05) is 0 Å². The average Bonchev–Trinajstić information content (AvgIpc) is 3.16. The Hall–Kier alpha value is -2.90. The number of aliphatic hydroxyl groups excluding tert-OH is 1. The molecule has 0 aliphatic rings. The summed E-state index contributed by atoms with van der Waals surface area (Å²) in [5, 5.41) is 19.0. The van der Waals surface area contributed by atoms with E-state index in [9.17, 15) is 15.0 Å². The normalized spacial score (nSPS) is 11.3. The van der Waals surface area contributed by atoms with Gasteiger partial charge in [-0.3, -0.25) is 4.40 Å². The van der Waals surface area contributed by atoms with Crippen LogP contribution in [0, 0.1) is 0 Å². The lowest BCUT2D eigenvalue weighted by atomic mass is 10.2. The van der Waals surface area contributed by atoms with Crippen LogP contribution in [0.5, 0.6) is 11.5 Å². The summed E-state index contributed by atoms with van der Waals surface area (Å²) in [7, 11) is 0. The second kappa shape index (κ2) is 6.44. The van der Waals surface area contributed by atoms with E-state index in [4.69, 9.17) is 4.74 Å². The number of aliphatic hydroxyl groups is 1. The third kappa shape index (κ3) is 2.61. The predicted molar refractivity (Wildman–Crippen MR) is 99.4 cm³/mol. The molecular formula is C19H16N2O4S. The molecule has 4 rings (SSSR count). The topological polar surface area (TPSA) is 84.1 Å². The number of carboxylic acid groups (broad SMARTS) is 1. The summed E-state index contributed by atoms with van der Waals surface area (Å²) in [6, 6.07) is 12.8. The number of aromatic carboxylic acids is 1. The first-order chi connectivity index (χ1) is 12.6. The fraction of sp³-hybridized carbons (Fsp3) is 0.158. The maximum absolute atomic E-state index is 11.7. The molecule has 0 spiro atoms. The smallest absolute Gasteiger partial charge is 0.354 e. The first kappa shape index (κ1) is 16.6. The molecule has 2 aromatic carbocycles. The minimum absolute atomic E-state index is 0.104. The number of carboxylic acids is 1. The van der Waals surface area contributed by atoms with Crippen LogP contribution in [0.3, 0.4) is 0 Å². The van der Waals surface area contributed by atoms with Crippen molar-refractivity contribution in [2.24, 2.45) is 0 Å². The molecule has 0 aliphatic heterocycles. The van der Waals surface area contributed by atoms with Crippen LogP contribution in [0.2, 0.25) is 0 Å². The minimum atomic E-state index is -0.980. The van der Waals surface area contributed by atoms with Gasteiger partial charge in [-0.05, 0) is 24.6 Å². The van der Waals surface area contributed by atoms with E-state index in [2.05, 4.69) is 4.98 Å². The molecule has 0 saturated heterocycles. The molecular weight excluding hydrogens is 352 g/mol. The second-order valence-electron chi connectivity index (χ2n) is 5.78. The molecule has 0 aliphatic carbocycles. The zero-order valence-electron chi connectivity index (χ0n) is 14.0. The van der Waals surface area contributed by atoms with Crippen molar-refractivity contribution in [1.82, 2.24) is 9.38 Å². The molecule has 132 valence electrons. The highest BCUT2D eigenvalue weighted by Crippen LogP contribution is 2.34. The number of benzene rings is 2. The zero-order chi connectivity index (χ0) is 18.3. The van der Waals surface area contributed by atoms with Gasteiger partial charge in [-0.2, -0.15) is 0 Å². The third-order valence-electron chi connectivity index (χ3n) is 4.20. The maximum atomic E-state index is 11.7. The van der Waals surface area contributed by atoms with Gasteiger partial charge < -0.3 is 14.9 Å². The summed E-state index contributed by atoms with van der Waals surface area (Å²) in [4.78, 5) is 16.8. The number of hydrogen-bond donors (Lipinski definition) is 2. The first-order valence-electron chi connectivity index (χ1n) is 8.16. The molecule has 0 saturated carbocycles. The van der Waals surface area contributed by atoms with Crippen LogP contribution in [0.15, 0.2) is 42.5 Å². The van der Waals surface area contributed by atoms with Gasteiger partial charge in [0.05, 0.1) is 22.5 Å². The van der Waals surface area contributed by atoms with Gasteiger partial charge in [-0.15, -0.1) is 0 Å². The van der Waals surface area contributed by atoms with Crippen LogP contribution in [-0.2, 0) is 13.0 Å². The molecule has 0 unspecified atom stereocenters. The Morgan fingerprint density at radius 2 is 2.08 bits per heavy atom. The maximum Gasteiger partial charge on any atom is 0.354 e. The summed E-state index contributed by atoms with van der Waals surface area (Å²) in [5.74, 6) is 0.233. The van der Waals surface area contributed by atoms with Crippen molar-refractivity contribution in [3.05, 3.63) is 59.4 Å². The molecule has 2 N–H and O–H groups in total. The van der Waals surface area contributed by atoms with E-state index >= 15 is 0 Å². The highest BCUT2D eigenvalue weighted by atomic mass is 32.1. The number of para-hydroxylation sites is 1. The van der Waals surface area contributed by atoms with Gasteiger partial charge in [-0.1, -0.05) is 36.5 Å². The van der Waals surface area contributed by atoms with E-state index in [0.717, 1.165) is 10.2 Å². The quantitative estimate of drug-likeness (QED) is 0.554. The van der Waals surface area contributed by atoms with Crippen LogP contribution in [-0.4, -0.2) is 25.6 Å². The van der Waals surface area contributed by atoms with Gasteiger partial charge in [0, 0.05) is 11.6 Å². The molecule has 2 heterocycles. The standard InChI is InChI=1S/C19H16N2O4S/c1-2-13-17(18(23)24)21-14-8-7-12(9-16(14)26-19(21)20-13)25-15-6-4-3-5-11(15)10-22/h3-9,22H,2,10H2,1H3,(H,23,24). The van der Waals surface area contributed by atoms with Crippen LogP contribution in [0.1, 0.15) is 28.7 Å². The lowest BCUT2D eigenvalue weighted by molar-refractivity contribution is 0.0688. The summed E-state index contributed by atoms with van der Waals surface area (Å²) in [5.41, 5.74) is 2.29. The summed E-state index contributed by atoms with van der Waals surface area (Å²) >= 11 is 1.42. The highest BCUT2D eigenvalue weighted by molar-refractivity contribution is 7.23. The number of fused-ring (bicyclic) bond motifs is 3. The van der Waals surface area contributed by atoms with Crippen molar-refractivity contribution in [3.63, 3.8) is 0 Å². The van der Waals surface area contributed by atoms with E-state index in [1.54, 1.807) is 22.6 Å². The van der Waals surface area contributed by atoms with Gasteiger partial charge >= 0.3 is 5.97 Å². The fourth-order valence-electron chi connectivity index (χ4n) is 2.98. The van der Waals surface area contributed by atoms with Crippen LogP contribution < -0.4 is 4.74 Å². The van der Waals surface area contributed by atoms with E-state index in [0.29, 0.717) is 34.1 Å². The largest absolute Gasteiger partial charge is 0.477 e. The Morgan fingerprint density at radius 3 is 2.81 bits per heavy atom. The molecule has 0 fully saturated rings. The van der Waals surface area contributed by atoms with E-state index in [-0.39, 0.29) is 12.3 Å². The minimum Gasteiger partial charge on any atom is -0.477 e. The van der Waals surface area contributed by atoms with Crippen molar-refractivity contribution in [2.45, 2.75) is 20.0 Å². The van der Waals surface area contributed by atoms with Crippen molar-refractivity contribution >= 4 is 32.5 Å². The number of ether oxygens (including phenoxy) is 1. The van der Waals surface area contributed by atoms with Crippen LogP contribution in [0.4, 0.5) is 0 Å². The lowest BCUT2D eigenvalue weighted by Crippen LogP contribution is -2.04. The second-order valence-corrected chi connectivity index (χ2v) is 6.79. The van der Waals surface area contributed by atoms with Gasteiger partial charge in [0.25, 0.3) is 0 Å². The van der Waals surface area contributed by atoms with Gasteiger partial charge in [0.15, 0.2) is 10.7 Å². The Balaban J connectivity index is 1.81. The third-order valence-corrected chi connectivity index (χ3v) is 5.20. The Kier molecular flexibility index (Phi) is 4.10. The van der Waals surface area contributed by atoms with Crippen molar-refractivity contribution in [3.8, 4) is 11.5 Å². The number of rotatable bonds is 5. The Labute approximate surface area is 152 Å². The first-order valence-corrected chi connectivity index (χ1v) is 8.97. The van der Waals surface area contributed by atoms with Gasteiger partial charge in [-0.25, -0.2) is 9.78 Å². The summed E-state index contributed by atoms with van der Waals surface area (Å²) in [6.45, 7) is 1.79. The number of imidazole rings is 1. The SMILES string of the molecule is CCc1nc2sc3cc(Oc4ccccc4CO)ccc3n2c1C(=O)O. The average molecular weight is 368 g/mol. The predicted octanol–water partition coefficient (Wildman–Crippen LogP) is 4.09. The molecule has 0 amide bonds. The van der Waals surface area contributed by atoms with Crippen LogP contribution >= 0.6 is 11.3 Å². The molecule has 0 bridgehead atoms. The van der Waals surface area contributed by atoms with Gasteiger partial charge in [0.2, 0.25) is 0 Å². The molecule has 0 atom stereocenters. The lowest BCUT2D eigenvalue weighted by Gasteiger charge is -2.09. The van der Waals surface area contributed by atoms with E-state index in [1.807, 2.05) is 31.2 Å². The number of nitrogens with zero attached hydrogens (tertiary/aromatic N) is 2. The number of hydrogen-bond acceptors (Lipinski definition) is 5. The molecule has 7 heteroatoms. The monoisotopic (exact) mass is 368 g/mol. The molecule has 6 nitrogen and oxygen atoms in total. The number of carbonyl (C=O) groups is 1. The van der Waals surface area contributed by atoms with Crippen molar-refractivity contribution in [1.29, 1.82) is 0 Å². The molecule has 2 aromatic heterocycles. The van der Waals surface area contributed by atoms with Crippen LogP contribution in [0.25, 0.3) is 15.2 Å². The molecule has 4 aromatic rings. The Bertz CT molecular complexity index is 1130. The highest BCUT2D eigenvalue weighted by Gasteiger charge is 2.21. The fourth-order valence-corrected chi connectivity index (χ4v) is 4.06. The number of aromatic nitrogens is 2.